The summed E-state index contributed by atoms with van der Waals surface area (Å²) in [5, 5.41) is 24.8. The number of carbonyl (C=O) groups excluding carboxylic acids is 3. The van der Waals surface area contributed by atoms with Crippen LogP contribution in [0.1, 0.15) is 26.7 Å². The fourth-order valence-electron chi connectivity index (χ4n) is 2.09. The van der Waals surface area contributed by atoms with Gasteiger partial charge in [0, 0.05) is 0 Å². The van der Waals surface area contributed by atoms with Crippen LogP contribution in [0.4, 0.5) is 0 Å². The molecule has 0 aliphatic heterocycles. The van der Waals surface area contributed by atoms with E-state index in [1.807, 2.05) is 6.26 Å². The zero-order valence-corrected chi connectivity index (χ0v) is 16.9. The van der Waals surface area contributed by atoms with E-state index in [4.69, 9.17) is 15.9 Å². The Morgan fingerprint density at radius 2 is 1.64 bits per heavy atom. The normalized spacial score (nSPS) is 13.9. The van der Waals surface area contributed by atoms with Gasteiger partial charge in [-0.1, -0.05) is 13.8 Å². The Bertz CT molecular complexity index is 585. The Hall–Kier alpha value is -2.34. The lowest BCUT2D eigenvalue weighted by Crippen LogP contribution is -2.55. The zero-order chi connectivity index (χ0) is 21.9. The van der Waals surface area contributed by atoms with E-state index in [-0.39, 0.29) is 12.3 Å². The lowest BCUT2D eigenvalue weighted by atomic mass is 10.0. The van der Waals surface area contributed by atoms with Crippen LogP contribution in [0.5, 0.6) is 0 Å². The third kappa shape index (κ3) is 10.1. The molecule has 3 unspecified atom stereocenters. The number of rotatable bonds is 13. The summed E-state index contributed by atoms with van der Waals surface area (Å²) >= 11 is 1.44. The van der Waals surface area contributed by atoms with Gasteiger partial charge in [0.1, 0.15) is 12.1 Å². The molecule has 0 aliphatic rings. The van der Waals surface area contributed by atoms with Crippen LogP contribution in [0.25, 0.3) is 0 Å². The van der Waals surface area contributed by atoms with E-state index < -0.39 is 60.8 Å². The highest BCUT2D eigenvalue weighted by Crippen LogP contribution is 2.03. The second-order valence-electron chi connectivity index (χ2n) is 6.39. The smallest absolute Gasteiger partial charge is 0.326 e. The molecular weight excluding hydrogens is 392 g/mol. The molecule has 0 aromatic rings. The van der Waals surface area contributed by atoms with Gasteiger partial charge < -0.3 is 31.9 Å². The third-order valence-electron chi connectivity index (χ3n) is 3.65. The van der Waals surface area contributed by atoms with Crippen LogP contribution in [0, 0.1) is 5.92 Å². The Kier molecular flexibility index (Phi) is 11.9. The lowest BCUT2D eigenvalue weighted by molar-refractivity contribution is -0.141. The van der Waals surface area contributed by atoms with Gasteiger partial charge in [0.2, 0.25) is 17.7 Å². The van der Waals surface area contributed by atoms with Crippen LogP contribution < -0.4 is 21.7 Å². The molecule has 0 radical (unpaired) electrons. The summed E-state index contributed by atoms with van der Waals surface area (Å²) in [5.74, 6) is -4.40. The van der Waals surface area contributed by atoms with E-state index in [2.05, 4.69) is 16.0 Å². The fraction of sp³-hybridized carbons (Fsp3) is 0.688. The summed E-state index contributed by atoms with van der Waals surface area (Å²) < 4.78 is 0. The van der Waals surface area contributed by atoms with E-state index in [1.54, 1.807) is 13.8 Å². The number of nitrogens with two attached hydrogens (primary N) is 1. The largest absolute Gasteiger partial charge is 0.481 e. The third-order valence-corrected chi connectivity index (χ3v) is 4.29. The van der Waals surface area contributed by atoms with Gasteiger partial charge in [0.15, 0.2) is 0 Å². The quantitative estimate of drug-likeness (QED) is 0.203. The van der Waals surface area contributed by atoms with Gasteiger partial charge in [-0.3, -0.25) is 19.2 Å². The molecule has 3 atom stereocenters. The Balaban J connectivity index is 4.72. The predicted molar refractivity (Wildman–Crippen MR) is 103 cm³/mol. The molecule has 0 saturated carbocycles. The van der Waals surface area contributed by atoms with Gasteiger partial charge in [0.25, 0.3) is 0 Å². The molecule has 7 N–H and O–H groups in total. The van der Waals surface area contributed by atoms with Crippen molar-refractivity contribution in [1.82, 2.24) is 16.0 Å². The second-order valence-corrected chi connectivity index (χ2v) is 7.38. The minimum absolute atomic E-state index is 0.238. The SMILES string of the molecule is CSCCC(NC(=O)CNC(=O)C(NC(=O)C(N)CC(=O)O)C(C)C)C(=O)O. The number of hydrogen-bond acceptors (Lipinski definition) is 7. The number of aliphatic carboxylic acids is 2. The minimum Gasteiger partial charge on any atom is -0.481 e. The first-order chi connectivity index (χ1) is 13.0. The van der Waals surface area contributed by atoms with Crippen LogP contribution in [-0.4, -0.2) is 76.6 Å². The highest BCUT2D eigenvalue weighted by Gasteiger charge is 2.28. The number of nitrogens with one attached hydrogen (secondary N) is 3. The average molecular weight is 420 g/mol. The van der Waals surface area contributed by atoms with Crippen molar-refractivity contribution >= 4 is 41.4 Å². The fourth-order valence-corrected chi connectivity index (χ4v) is 2.56. The molecule has 0 aliphatic carbocycles. The van der Waals surface area contributed by atoms with Crippen LogP contribution in [-0.2, 0) is 24.0 Å². The molecule has 0 bridgehead atoms. The first kappa shape index (κ1) is 25.7. The van der Waals surface area contributed by atoms with Crippen LogP contribution in [0.3, 0.4) is 0 Å². The maximum absolute atomic E-state index is 12.3. The summed E-state index contributed by atoms with van der Waals surface area (Å²) in [6, 6.07) is -3.42. The van der Waals surface area contributed by atoms with Gasteiger partial charge in [0.05, 0.1) is 19.0 Å². The van der Waals surface area contributed by atoms with Crippen LogP contribution >= 0.6 is 11.8 Å². The van der Waals surface area contributed by atoms with Crippen molar-refractivity contribution < 1.29 is 34.2 Å². The predicted octanol–water partition coefficient (Wildman–Crippen LogP) is -1.63. The highest BCUT2D eigenvalue weighted by molar-refractivity contribution is 7.98. The summed E-state index contributed by atoms with van der Waals surface area (Å²) in [4.78, 5) is 57.9. The molecule has 12 heteroatoms. The molecular formula is C16H28N4O7S. The summed E-state index contributed by atoms with van der Waals surface area (Å²) in [6.07, 6.45) is 1.46. The standard InChI is InChI=1S/C16H28N4O7S/c1-8(2)13(20-14(24)9(17)6-12(22)23)15(25)18-7-11(21)19-10(16(26)27)4-5-28-3/h8-10,13H,4-7,17H2,1-3H3,(H,18,25)(H,19,21)(H,20,24)(H,22,23)(H,26,27). The molecule has 28 heavy (non-hydrogen) atoms. The van der Waals surface area contributed by atoms with E-state index in [0.717, 1.165) is 0 Å². The van der Waals surface area contributed by atoms with Crippen LogP contribution in [0.2, 0.25) is 0 Å². The van der Waals surface area contributed by atoms with E-state index in [1.165, 1.54) is 11.8 Å². The Labute approximate surface area is 167 Å². The molecule has 0 aromatic carbocycles. The molecule has 11 nitrogen and oxygen atoms in total. The van der Waals surface area contributed by atoms with Crippen molar-refractivity contribution in [3.8, 4) is 0 Å². The summed E-state index contributed by atoms with van der Waals surface area (Å²) in [5.41, 5.74) is 5.47. The molecule has 0 aromatic heterocycles. The summed E-state index contributed by atoms with van der Waals surface area (Å²) in [7, 11) is 0. The van der Waals surface area contributed by atoms with Gasteiger partial charge in [-0.15, -0.1) is 0 Å². The van der Waals surface area contributed by atoms with Crippen molar-refractivity contribution in [2.24, 2.45) is 11.7 Å². The number of amides is 3. The number of hydrogen-bond donors (Lipinski definition) is 6. The van der Waals surface area contributed by atoms with Gasteiger partial charge >= 0.3 is 11.9 Å². The van der Waals surface area contributed by atoms with Crippen molar-refractivity contribution in [2.45, 2.75) is 44.8 Å². The first-order valence-corrected chi connectivity index (χ1v) is 9.95. The molecule has 0 heterocycles. The van der Waals surface area contributed by atoms with Crippen molar-refractivity contribution in [3.05, 3.63) is 0 Å². The van der Waals surface area contributed by atoms with Crippen molar-refractivity contribution in [2.75, 3.05) is 18.6 Å². The number of carboxylic acid groups (broad SMARTS) is 2. The number of thioether (sulfide) groups is 1. The van der Waals surface area contributed by atoms with Crippen molar-refractivity contribution in [3.63, 3.8) is 0 Å². The first-order valence-electron chi connectivity index (χ1n) is 8.56. The molecule has 0 saturated heterocycles. The van der Waals surface area contributed by atoms with Gasteiger partial charge in [-0.2, -0.15) is 11.8 Å². The van der Waals surface area contributed by atoms with Gasteiger partial charge in [-0.25, -0.2) is 4.79 Å². The van der Waals surface area contributed by atoms with E-state index >= 15 is 0 Å². The summed E-state index contributed by atoms with van der Waals surface area (Å²) in [6.45, 7) is 2.83. The second kappa shape index (κ2) is 12.9. The molecule has 160 valence electrons. The maximum Gasteiger partial charge on any atom is 0.326 e. The van der Waals surface area contributed by atoms with Crippen LogP contribution in [0.15, 0.2) is 0 Å². The highest BCUT2D eigenvalue weighted by atomic mass is 32.2. The average Bonchev–Trinajstić information content (AvgIpc) is 2.59. The molecule has 0 fully saturated rings. The molecule has 0 rings (SSSR count). The number of carbonyl (C=O) groups is 5. The minimum atomic E-state index is -1.32. The number of carboxylic acids is 2. The monoisotopic (exact) mass is 420 g/mol. The van der Waals surface area contributed by atoms with E-state index in [0.29, 0.717) is 5.75 Å². The topological polar surface area (TPSA) is 188 Å². The maximum atomic E-state index is 12.3. The Morgan fingerprint density at radius 3 is 2.11 bits per heavy atom. The van der Waals surface area contributed by atoms with E-state index in [9.17, 15) is 24.0 Å². The van der Waals surface area contributed by atoms with Gasteiger partial charge in [-0.05, 0) is 24.3 Å². The van der Waals surface area contributed by atoms with Crippen molar-refractivity contribution in [1.29, 1.82) is 0 Å². The lowest BCUT2D eigenvalue weighted by Gasteiger charge is -2.23. The Morgan fingerprint density at radius 1 is 1.04 bits per heavy atom. The molecule has 0 spiro atoms. The molecule has 3 amide bonds. The zero-order valence-electron chi connectivity index (χ0n) is 16.1.